The monoisotopic (exact) mass is 389 g/mol. The summed E-state index contributed by atoms with van der Waals surface area (Å²) in [7, 11) is -3.51. The Hall–Kier alpha value is -1.91. The molecule has 1 fully saturated rings. The molecular formula is C19H20ClN3O2S. The number of hydrogen-bond donors (Lipinski definition) is 0. The van der Waals surface area contributed by atoms with Gasteiger partial charge in [-0.1, -0.05) is 35.9 Å². The van der Waals surface area contributed by atoms with Crippen LogP contribution in [0.15, 0.2) is 53.4 Å². The molecule has 1 saturated heterocycles. The molecule has 1 aliphatic heterocycles. The van der Waals surface area contributed by atoms with E-state index in [1.807, 2.05) is 30.0 Å². The van der Waals surface area contributed by atoms with Gasteiger partial charge in [0.2, 0.25) is 10.0 Å². The van der Waals surface area contributed by atoms with Crippen molar-refractivity contribution >= 4 is 21.6 Å². The average Bonchev–Trinajstić information content (AvgIpc) is 2.63. The average molecular weight is 390 g/mol. The minimum absolute atomic E-state index is 0.317. The third-order valence-corrected chi connectivity index (χ3v) is 6.68. The number of halogens is 1. The number of hydrogen-bond acceptors (Lipinski definition) is 4. The normalized spacial score (nSPS) is 17.6. The molecule has 0 saturated carbocycles. The zero-order valence-corrected chi connectivity index (χ0v) is 16.0. The molecule has 0 bridgehead atoms. The summed E-state index contributed by atoms with van der Waals surface area (Å²) in [4.78, 5) is 2.31. The van der Waals surface area contributed by atoms with Crippen molar-refractivity contribution in [1.29, 1.82) is 5.26 Å². The highest BCUT2D eigenvalue weighted by atomic mass is 35.5. The molecule has 7 heteroatoms. The van der Waals surface area contributed by atoms with Crippen LogP contribution in [-0.2, 0) is 10.0 Å². The van der Waals surface area contributed by atoms with E-state index < -0.39 is 16.1 Å². The number of piperazine rings is 1. The Kier molecular flexibility index (Phi) is 5.64. The van der Waals surface area contributed by atoms with E-state index in [0.717, 1.165) is 11.1 Å². The Morgan fingerprint density at radius 1 is 1.08 bits per heavy atom. The van der Waals surface area contributed by atoms with Crippen molar-refractivity contribution in [3.05, 3.63) is 64.7 Å². The van der Waals surface area contributed by atoms with Crippen molar-refractivity contribution in [3.63, 3.8) is 0 Å². The summed E-state index contributed by atoms with van der Waals surface area (Å²) in [5, 5.41) is 10.2. The summed E-state index contributed by atoms with van der Waals surface area (Å²) in [6.07, 6.45) is 0. The van der Waals surface area contributed by atoms with Crippen LogP contribution in [0.25, 0.3) is 0 Å². The van der Waals surface area contributed by atoms with Gasteiger partial charge >= 0.3 is 0 Å². The number of aryl methyl sites for hydroxylation is 1. The number of nitrogens with zero attached hydrogens (tertiary/aromatic N) is 3. The lowest BCUT2D eigenvalue weighted by Crippen LogP contribution is -2.49. The second kappa shape index (κ2) is 7.77. The molecule has 1 unspecified atom stereocenters. The smallest absolute Gasteiger partial charge is 0.243 e. The lowest BCUT2D eigenvalue weighted by atomic mass is 10.1. The van der Waals surface area contributed by atoms with Crippen molar-refractivity contribution in [3.8, 4) is 6.07 Å². The lowest BCUT2D eigenvalue weighted by molar-refractivity contribution is 0.162. The van der Waals surface area contributed by atoms with Crippen LogP contribution in [0.3, 0.4) is 0 Å². The summed E-state index contributed by atoms with van der Waals surface area (Å²) >= 11 is 6.03. The second-order valence-electron chi connectivity index (χ2n) is 6.34. The first-order valence-electron chi connectivity index (χ1n) is 8.38. The largest absolute Gasteiger partial charge is 0.282 e. The highest BCUT2D eigenvalue weighted by Crippen LogP contribution is 2.26. The van der Waals surface area contributed by atoms with Crippen molar-refractivity contribution in [2.45, 2.75) is 17.9 Å². The predicted octanol–water partition coefficient (Wildman–Crippen LogP) is 3.22. The molecule has 136 valence electrons. The molecule has 0 spiro atoms. The maximum Gasteiger partial charge on any atom is 0.243 e. The summed E-state index contributed by atoms with van der Waals surface area (Å²) in [5.41, 5.74) is 1.74. The molecule has 1 aliphatic rings. The van der Waals surface area contributed by atoms with E-state index in [1.165, 1.54) is 4.31 Å². The van der Waals surface area contributed by atoms with Gasteiger partial charge in [-0.2, -0.15) is 9.57 Å². The fraction of sp³-hybridized carbons (Fsp3) is 0.316. The summed E-state index contributed by atoms with van der Waals surface area (Å²) in [6.45, 7) is 3.58. The first kappa shape index (κ1) is 18.9. The van der Waals surface area contributed by atoms with Crippen LogP contribution < -0.4 is 0 Å². The Morgan fingerprint density at radius 2 is 1.77 bits per heavy atom. The molecule has 0 aromatic heterocycles. The number of rotatable bonds is 4. The lowest BCUT2D eigenvalue weighted by Gasteiger charge is -2.36. The fourth-order valence-corrected chi connectivity index (χ4v) is 4.90. The number of benzene rings is 2. The zero-order chi connectivity index (χ0) is 18.7. The zero-order valence-electron chi connectivity index (χ0n) is 14.5. The molecule has 0 aliphatic carbocycles. The van der Waals surface area contributed by atoms with E-state index in [4.69, 9.17) is 11.6 Å². The van der Waals surface area contributed by atoms with E-state index in [0.29, 0.717) is 36.1 Å². The van der Waals surface area contributed by atoms with Crippen molar-refractivity contribution in [2.75, 3.05) is 26.2 Å². The Bertz CT molecular complexity index is 932. The van der Waals surface area contributed by atoms with Gasteiger partial charge in [0.15, 0.2) is 0 Å². The highest BCUT2D eigenvalue weighted by Gasteiger charge is 2.31. The maximum absolute atomic E-state index is 12.8. The van der Waals surface area contributed by atoms with Crippen LogP contribution in [0, 0.1) is 18.3 Å². The van der Waals surface area contributed by atoms with E-state index >= 15 is 0 Å². The van der Waals surface area contributed by atoms with Gasteiger partial charge in [0.05, 0.1) is 11.0 Å². The SMILES string of the molecule is Cc1cccc(S(=O)(=O)N2CCN(C(C#N)c3cccc(Cl)c3)CC2)c1. The van der Waals surface area contributed by atoms with E-state index in [1.54, 1.807) is 30.3 Å². The van der Waals surface area contributed by atoms with Gasteiger partial charge in [-0.15, -0.1) is 0 Å². The molecule has 3 rings (SSSR count). The van der Waals surface area contributed by atoms with Crippen LogP contribution in [0.1, 0.15) is 17.2 Å². The molecule has 1 heterocycles. The minimum atomic E-state index is -3.51. The fourth-order valence-electron chi connectivity index (χ4n) is 3.17. The molecular weight excluding hydrogens is 370 g/mol. The van der Waals surface area contributed by atoms with Gasteiger partial charge in [-0.05, 0) is 42.3 Å². The first-order chi connectivity index (χ1) is 12.4. The van der Waals surface area contributed by atoms with Crippen molar-refractivity contribution < 1.29 is 8.42 Å². The molecule has 0 amide bonds. The number of sulfonamides is 1. The van der Waals surface area contributed by atoms with Crippen LogP contribution in [0.4, 0.5) is 0 Å². The Balaban J connectivity index is 1.73. The molecule has 2 aromatic rings. The van der Waals surface area contributed by atoms with Gasteiger partial charge in [0, 0.05) is 31.2 Å². The summed E-state index contributed by atoms with van der Waals surface area (Å²) < 4.78 is 27.1. The van der Waals surface area contributed by atoms with Crippen LogP contribution in [0.5, 0.6) is 0 Å². The minimum Gasteiger partial charge on any atom is -0.282 e. The molecule has 5 nitrogen and oxygen atoms in total. The van der Waals surface area contributed by atoms with Crippen molar-refractivity contribution in [2.24, 2.45) is 0 Å². The summed E-state index contributed by atoms with van der Waals surface area (Å²) in [6, 6.07) is 16.1. The molecule has 2 aromatic carbocycles. The quantitative estimate of drug-likeness (QED) is 0.805. The van der Waals surface area contributed by atoms with Crippen LogP contribution >= 0.6 is 11.6 Å². The predicted molar refractivity (Wildman–Crippen MR) is 101 cm³/mol. The summed E-state index contributed by atoms with van der Waals surface area (Å²) in [5.74, 6) is 0. The van der Waals surface area contributed by atoms with Gasteiger partial charge in [0.1, 0.15) is 6.04 Å². The van der Waals surface area contributed by atoms with Gasteiger partial charge in [-0.3, -0.25) is 4.90 Å². The second-order valence-corrected chi connectivity index (χ2v) is 8.72. The van der Waals surface area contributed by atoms with Gasteiger partial charge in [0.25, 0.3) is 0 Å². The van der Waals surface area contributed by atoms with Gasteiger partial charge in [-0.25, -0.2) is 8.42 Å². The molecule has 26 heavy (non-hydrogen) atoms. The van der Waals surface area contributed by atoms with E-state index in [2.05, 4.69) is 6.07 Å². The van der Waals surface area contributed by atoms with Crippen molar-refractivity contribution in [1.82, 2.24) is 9.21 Å². The number of nitriles is 1. The molecule has 0 radical (unpaired) electrons. The first-order valence-corrected chi connectivity index (χ1v) is 10.2. The standard InChI is InChI=1S/C19H20ClN3O2S/c1-15-4-2-7-18(12-15)26(24,25)23-10-8-22(9-11-23)19(14-21)16-5-3-6-17(20)13-16/h2-7,12-13,19H,8-11H2,1H3. The molecule has 1 atom stereocenters. The highest BCUT2D eigenvalue weighted by molar-refractivity contribution is 7.89. The molecule has 0 N–H and O–H groups in total. The third kappa shape index (κ3) is 3.92. The third-order valence-electron chi connectivity index (χ3n) is 4.55. The van der Waals surface area contributed by atoms with Crippen LogP contribution in [0.2, 0.25) is 5.02 Å². The maximum atomic E-state index is 12.8. The van der Waals surface area contributed by atoms with E-state index in [9.17, 15) is 13.7 Å². The Labute approximate surface area is 159 Å². The topological polar surface area (TPSA) is 64.4 Å². The van der Waals surface area contributed by atoms with Gasteiger partial charge < -0.3 is 0 Å². The van der Waals surface area contributed by atoms with E-state index in [-0.39, 0.29) is 0 Å². The van der Waals surface area contributed by atoms with Crippen LogP contribution in [-0.4, -0.2) is 43.8 Å². The Morgan fingerprint density at radius 3 is 2.38 bits per heavy atom.